The van der Waals surface area contributed by atoms with Gasteiger partial charge >= 0.3 is 5.97 Å². The number of rotatable bonds is 7. The Bertz CT molecular complexity index is 1010. The van der Waals surface area contributed by atoms with Crippen molar-refractivity contribution in [2.45, 2.75) is 37.8 Å². The van der Waals surface area contributed by atoms with Crippen LogP contribution in [0, 0.1) is 5.82 Å². The Morgan fingerprint density at radius 2 is 1.69 bits per heavy atom. The van der Waals surface area contributed by atoms with Gasteiger partial charge in [0.2, 0.25) is 10.0 Å². The van der Waals surface area contributed by atoms with Crippen molar-refractivity contribution in [2.75, 3.05) is 5.32 Å². The predicted octanol–water partition coefficient (Wildman–Crippen LogP) is 3.46. The SMILES string of the molecule is CC(C)NS(=O)(=O)c1ccc(NC(=O)C(C)OC(=O)c2cc(Br)ccc2F)cc1. The van der Waals surface area contributed by atoms with E-state index in [9.17, 15) is 22.4 Å². The molecule has 1 amide bonds. The van der Waals surface area contributed by atoms with Crippen molar-refractivity contribution >= 4 is 43.5 Å². The van der Waals surface area contributed by atoms with Crippen molar-refractivity contribution in [1.29, 1.82) is 0 Å². The standard InChI is InChI=1S/C19H20BrFN2O5S/c1-11(2)23-29(26,27)15-7-5-14(6-8-15)22-18(24)12(3)28-19(25)16-10-13(20)4-9-17(16)21/h4-12,23H,1-3H3,(H,22,24). The number of ether oxygens (including phenoxy) is 1. The molecule has 0 aliphatic carbocycles. The van der Waals surface area contributed by atoms with E-state index in [4.69, 9.17) is 4.74 Å². The third kappa shape index (κ3) is 6.34. The number of carbonyl (C=O) groups excluding carboxylic acids is 2. The van der Waals surface area contributed by atoms with E-state index in [1.54, 1.807) is 13.8 Å². The third-order valence-electron chi connectivity index (χ3n) is 3.62. The molecule has 7 nitrogen and oxygen atoms in total. The van der Waals surface area contributed by atoms with Gasteiger partial charge in [-0.15, -0.1) is 0 Å². The molecule has 2 aromatic carbocycles. The van der Waals surface area contributed by atoms with Crippen molar-refractivity contribution < 1.29 is 27.1 Å². The Kier molecular flexibility index (Phi) is 7.50. The summed E-state index contributed by atoms with van der Waals surface area (Å²) in [5, 5.41) is 2.51. The maximum Gasteiger partial charge on any atom is 0.341 e. The lowest BCUT2D eigenvalue weighted by Crippen LogP contribution is -2.31. The van der Waals surface area contributed by atoms with E-state index in [1.165, 1.54) is 43.3 Å². The maximum atomic E-state index is 13.8. The summed E-state index contributed by atoms with van der Waals surface area (Å²) in [5.41, 5.74) is 0.0151. The first kappa shape index (κ1) is 23.0. The largest absolute Gasteiger partial charge is 0.449 e. The van der Waals surface area contributed by atoms with Crippen molar-refractivity contribution in [2.24, 2.45) is 0 Å². The highest BCUT2D eigenvalue weighted by molar-refractivity contribution is 9.10. The summed E-state index contributed by atoms with van der Waals surface area (Å²) in [5.74, 6) is -2.39. The van der Waals surface area contributed by atoms with Crippen LogP contribution in [-0.4, -0.2) is 32.4 Å². The van der Waals surface area contributed by atoms with Gasteiger partial charge in [-0.05, 0) is 63.2 Å². The number of nitrogens with one attached hydrogen (secondary N) is 2. The van der Waals surface area contributed by atoms with Crippen LogP contribution < -0.4 is 10.0 Å². The third-order valence-corrected chi connectivity index (χ3v) is 5.79. The minimum atomic E-state index is -3.65. The average molecular weight is 487 g/mol. The Morgan fingerprint density at radius 3 is 2.28 bits per heavy atom. The summed E-state index contributed by atoms with van der Waals surface area (Å²) < 4.78 is 45.9. The number of sulfonamides is 1. The van der Waals surface area contributed by atoms with Crippen LogP contribution in [0.2, 0.25) is 0 Å². The van der Waals surface area contributed by atoms with Crippen LogP contribution >= 0.6 is 15.9 Å². The molecule has 10 heteroatoms. The van der Waals surface area contributed by atoms with E-state index in [0.29, 0.717) is 10.2 Å². The normalized spacial score (nSPS) is 12.5. The predicted molar refractivity (Wildman–Crippen MR) is 110 cm³/mol. The Labute approximate surface area is 176 Å². The van der Waals surface area contributed by atoms with Gasteiger partial charge in [0.25, 0.3) is 5.91 Å². The van der Waals surface area contributed by atoms with Crippen molar-refractivity contribution in [3.05, 3.63) is 58.3 Å². The number of anilines is 1. The van der Waals surface area contributed by atoms with E-state index in [1.807, 2.05) is 0 Å². The highest BCUT2D eigenvalue weighted by atomic mass is 79.9. The zero-order chi connectivity index (χ0) is 21.8. The van der Waals surface area contributed by atoms with E-state index in [0.717, 1.165) is 6.07 Å². The Morgan fingerprint density at radius 1 is 1.07 bits per heavy atom. The van der Waals surface area contributed by atoms with Crippen molar-refractivity contribution in [3.63, 3.8) is 0 Å². The topological polar surface area (TPSA) is 102 Å². The quantitative estimate of drug-likeness (QED) is 0.583. The first-order chi connectivity index (χ1) is 13.5. The van der Waals surface area contributed by atoms with Gasteiger partial charge in [-0.3, -0.25) is 4.79 Å². The second kappa shape index (κ2) is 9.47. The van der Waals surface area contributed by atoms with Gasteiger partial charge in [-0.25, -0.2) is 22.3 Å². The molecule has 0 radical (unpaired) electrons. The van der Waals surface area contributed by atoms with Crippen LogP contribution in [0.15, 0.2) is 51.8 Å². The zero-order valence-electron chi connectivity index (χ0n) is 15.9. The molecule has 156 valence electrons. The van der Waals surface area contributed by atoms with Crippen LogP contribution in [0.3, 0.4) is 0 Å². The average Bonchev–Trinajstić information content (AvgIpc) is 2.63. The molecule has 0 aliphatic rings. The first-order valence-electron chi connectivity index (χ1n) is 8.59. The lowest BCUT2D eigenvalue weighted by atomic mass is 10.2. The minimum absolute atomic E-state index is 0.0498. The molecule has 2 N–H and O–H groups in total. The molecule has 0 saturated heterocycles. The highest BCUT2D eigenvalue weighted by Crippen LogP contribution is 2.18. The minimum Gasteiger partial charge on any atom is -0.449 e. The molecule has 29 heavy (non-hydrogen) atoms. The first-order valence-corrected chi connectivity index (χ1v) is 10.9. The molecule has 0 spiro atoms. The second-order valence-corrected chi connectivity index (χ2v) is 9.09. The summed E-state index contributed by atoms with van der Waals surface area (Å²) in [4.78, 5) is 24.4. The number of hydrogen-bond acceptors (Lipinski definition) is 5. The smallest absolute Gasteiger partial charge is 0.341 e. The van der Waals surface area contributed by atoms with Crippen molar-refractivity contribution in [3.8, 4) is 0 Å². The fourth-order valence-electron chi connectivity index (χ4n) is 2.27. The van der Waals surface area contributed by atoms with Crippen LogP contribution in [0.25, 0.3) is 0 Å². The van der Waals surface area contributed by atoms with E-state index >= 15 is 0 Å². The van der Waals surface area contributed by atoms with Crippen LogP contribution in [0.1, 0.15) is 31.1 Å². The molecule has 0 bridgehead atoms. The number of benzene rings is 2. The van der Waals surface area contributed by atoms with Crippen LogP contribution in [-0.2, 0) is 19.6 Å². The van der Waals surface area contributed by atoms with Gasteiger partial charge < -0.3 is 10.1 Å². The molecule has 0 heterocycles. The van der Waals surface area contributed by atoms with Gasteiger partial charge in [0.15, 0.2) is 6.10 Å². The summed E-state index contributed by atoms with van der Waals surface area (Å²) in [6, 6.07) is 9.04. The lowest BCUT2D eigenvalue weighted by molar-refractivity contribution is -0.123. The molecular formula is C19H20BrFN2O5S. The molecular weight excluding hydrogens is 467 g/mol. The number of hydrogen-bond donors (Lipinski definition) is 2. The molecule has 2 aromatic rings. The molecule has 1 atom stereocenters. The zero-order valence-corrected chi connectivity index (χ0v) is 18.3. The number of carbonyl (C=O) groups is 2. The number of esters is 1. The van der Waals surface area contributed by atoms with E-state index in [-0.39, 0.29) is 16.5 Å². The van der Waals surface area contributed by atoms with Crippen molar-refractivity contribution in [1.82, 2.24) is 4.72 Å². The lowest BCUT2D eigenvalue weighted by Gasteiger charge is -2.14. The van der Waals surface area contributed by atoms with Gasteiger partial charge in [0, 0.05) is 16.2 Å². The number of halogens is 2. The summed E-state index contributed by atoms with van der Waals surface area (Å²) >= 11 is 3.14. The number of amides is 1. The molecule has 0 saturated carbocycles. The monoisotopic (exact) mass is 486 g/mol. The summed E-state index contributed by atoms with van der Waals surface area (Å²) in [6.45, 7) is 4.75. The van der Waals surface area contributed by atoms with Gasteiger partial charge in [0.05, 0.1) is 10.5 Å². The highest BCUT2D eigenvalue weighted by Gasteiger charge is 2.22. The molecule has 1 unspecified atom stereocenters. The van der Waals surface area contributed by atoms with Crippen LogP contribution in [0.5, 0.6) is 0 Å². The summed E-state index contributed by atoms with van der Waals surface area (Å²) in [6.07, 6.45) is -1.20. The Balaban J connectivity index is 2.02. The molecule has 0 aromatic heterocycles. The fraction of sp³-hybridized carbons (Fsp3) is 0.263. The van der Waals surface area contributed by atoms with Crippen LogP contribution in [0.4, 0.5) is 10.1 Å². The van der Waals surface area contributed by atoms with Gasteiger partial charge in [-0.2, -0.15) is 0 Å². The summed E-state index contributed by atoms with van der Waals surface area (Å²) in [7, 11) is -3.65. The molecule has 0 fully saturated rings. The van der Waals surface area contributed by atoms with Gasteiger partial charge in [0.1, 0.15) is 5.82 Å². The van der Waals surface area contributed by atoms with E-state index in [2.05, 4.69) is 26.0 Å². The second-order valence-electron chi connectivity index (χ2n) is 6.46. The molecule has 0 aliphatic heterocycles. The van der Waals surface area contributed by atoms with Gasteiger partial charge in [-0.1, -0.05) is 15.9 Å². The van der Waals surface area contributed by atoms with E-state index < -0.39 is 33.8 Å². The maximum absolute atomic E-state index is 13.8. The molecule has 2 rings (SSSR count). The Hall–Kier alpha value is -2.30. The fourth-order valence-corrected chi connectivity index (χ4v) is 3.88.